The van der Waals surface area contributed by atoms with Crippen molar-refractivity contribution in [1.29, 1.82) is 0 Å². The molecule has 0 spiro atoms. The molecule has 0 aliphatic heterocycles. The van der Waals surface area contributed by atoms with Crippen LogP contribution >= 0.6 is 11.3 Å². The number of para-hydroxylation sites is 1. The molecular weight excluding hydrogens is 325 g/mol. The van der Waals surface area contributed by atoms with Crippen LogP contribution in [0.4, 0.5) is 16.0 Å². The lowest BCUT2D eigenvalue weighted by molar-refractivity contribution is 0.629. The van der Waals surface area contributed by atoms with Crippen LogP contribution in [-0.4, -0.2) is 9.55 Å². The Bertz CT molecular complexity index is 1060. The van der Waals surface area contributed by atoms with Crippen molar-refractivity contribution in [2.75, 3.05) is 5.32 Å². The third kappa shape index (κ3) is 2.57. The zero-order valence-corrected chi connectivity index (χ0v) is 13.3. The van der Waals surface area contributed by atoms with Gasteiger partial charge < -0.3 is 5.32 Å². The Morgan fingerprint density at radius 2 is 1.92 bits per heavy atom. The molecule has 0 unspecified atom stereocenters. The number of hydrogen-bond acceptors (Lipinski definition) is 4. The van der Waals surface area contributed by atoms with Crippen molar-refractivity contribution in [3.63, 3.8) is 0 Å². The maximum atomic E-state index is 13.6. The van der Waals surface area contributed by atoms with Crippen LogP contribution in [0.3, 0.4) is 0 Å². The highest BCUT2D eigenvalue weighted by atomic mass is 32.1. The van der Waals surface area contributed by atoms with E-state index in [-0.39, 0.29) is 10.9 Å². The first-order valence-corrected chi connectivity index (χ1v) is 8.23. The number of nitrogens with zero attached hydrogens (tertiary/aromatic N) is 2. The summed E-state index contributed by atoms with van der Waals surface area (Å²) < 4.78 is 15.0. The van der Waals surface area contributed by atoms with Gasteiger partial charge in [0.2, 0.25) is 5.95 Å². The molecule has 2 aromatic carbocycles. The molecule has 0 radical (unpaired) electrons. The predicted molar refractivity (Wildman–Crippen MR) is 94.9 cm³/mol. The summed E-state index contributed by atoms with van der Waals surface area (Å²) >= 11 is 1.54. The Kier molecular flexibility index (Phi) is 3.59. The summed E-state index contributed by atoms with van der Waals surface area (Å²) in [5.74, 6) is -0.0664. The lowest BCUT2D eigenvalue weighted by Crippen LogP contribution is -2.22. The van der Waals surface area contributed by atoms with Crippen LogP contribution in [0.2, 0.25) is 0 Å². The molecule has 4 nitrogen and oxygen atoms in total. The van der Waals surface area contributed by atoms with Crippen molar-refractivity contribution in [2.45, 2.75) is 0 Å². The van der Waals surface area contributed by atoms with Gasteiger partial charge in [-0.05, 0) is 41.8 Å². The average molecular weight is 337 g/mol. The first-order chi connectivity index (χ1) is 11.7. The van der Waals surface area contributed by atoms with Gasteiger partial charge in [-0.1, -0.05) is 18.2 Å². The summed E-state index contributed by atoms with van der Waals surface area (Å²) in [6.45, 7) is 0. The molecule has 0 bridgehead atoms. The minimum Gasteiger partial charge on any atom is -0.324 e. The average Bonchev–Trinajstić information content (AvgIpc) is 3.10. The number of benzene rings is 2. The fraction of sp³-hybridized carbons (Fsp3) is 0. The Morgan fingerprint density at radius 1 is 1.08 bits per heavy atom. The molecule has 0 amide bonds. The number of anilines is 2. The molecule has 0 aliphatic carbocycles. The van der Waals surface area contributed by atoms with E-state index in [0.29, 0.717) is 17.2 Å². The number of hydrogen-bond donors (Lipinski definition) is 1. The third-order valence-electron chi connectivity index (χ3n) is 3.62. The third-order valence-corrected chi connectivity index (χ3v) is 4.31. The molecule has 0 aliphatic rings. The van der Waals surface area contributed by atoms with Gasteiger partial charge in [0.15, 0.2) is 0 Å². The number of thiophene rings is 1. The molecular formula is C18H12FN3OS. The van der Waals surface area contributed by atoms with Crippen LogP contribution in [0.25, 0.3) is 16.6 Å². The smallest absolute Gasteiger partial charge is 0.267 e. The lowest BCUT2D eigenvalue weighted by atomic mass is 10.2. The molecule has 24 heavy (non-hydrogen) atoms. The van der Waals surface area contributed by atoms with E-state index >= 15 is 0 Å². The maximum Gasteiger partial charge on any atom is 0.267 e. The number of rotatable bonds is 3. The second-order valence-corrected chi connectivity index (χ2v) is 5.99. The highest BCUT2D eigenvalue weighted by Crippen LogP contribution is 2.21. The van der Waals surface area contributed by atoms with Crippen molar-refractivity contribution in [3.05, 3.63) is 81.5 Å². The van der Waals surface area contributed by atoms with Crippen molar-refractivity contribution < 1.29 is 4.39 Å². The molecule has 2 heterocycles. The van der Waals surface area contributed by atoms with Gasteiger partial charge in [-0.15, -0.1) is 0 Å². The molecule has 1 N–H and O–H groups in total. The summed E-state index contributed by atoms with van der Waals surface area (Å²) in [6.07, 6.45) is 0. The van der Waals surface area contributed by atoms with Gasteiger partial charge in [0, 0.05) is 5.38 Å². The highest BCUT2D eigenvalue weighted by Gasteiger charge is 2.13. The Hall–Kier alpha value is -2.99. The largest absolute Gasteiger partial charge is 0.324 e. The van der Waals surface area contributed by atoms with E-state index in [2.05, 4.69) is 10.3 Å². The van der Waals surface area contributed by atoms with Crippen LogP contribution in [-0.2, 0) is 0 Å². The van der Waals surface area contributed by atoms with Gasteiger partial charge in [-0.25, -0.2) is 13.9 Å². The minimum absolute atomic E-state index is 0.245. The van der Waals surface area contributed by atoms with E-state index in [4.69, 9.17) is 0 Å². The van der Waals surface area contributed by atoms with E-state index in [1.807, 2.05) is 47.2 Å². The molecule has 4 aromatic rings. The van der Waals surface area contributed by atoms with Crippen molar-refractivity contribution in [3.8, 4) is 5.69 Å². The molecule has 0 saturated carbocycles. The van der Waals surface area contributed by atoms with Crippen LogP contribution in [0.1, 0.15) is 0 Å². The van der Waals surface area contributed by atoms with Crippen LogP contribution < -0.4 is 10.9 Å². The fourth-order valence-corrected chi connectivity index (χ4v) is 3.11. The standard InChI is InChI=1S/C18H12FN3OS/c19-12-6-7-16-15(10-12)17(23)22(14-4-2-1-3-5-14)18(21-16)20-13-8-9-24-11-13/h1-11H,(H,20,21). The van der Waals surface area contributed by atoms with Gasteiger partial charge in [-0.2, -0.15) is 11.3 Å². The predicted octanol–water partition coefficient (Wildman–Crippen LogP) is 4.33. The Balaban J connectivity index is 2.01. The summed E-state index contributed by atoms with van der Waals surface area (Å²) in [5, 5.41) is 7.27. The molecule has 0 fully saturated rings. The molecule has 0 saturated heterocycles. The number of fused-ring (bicyclic) bond motifs is 1. The topological polar surface area (TPSA) is 46.9 Å². The van der Waals surface area contributed by atoms with E-state index in [0.717, 1.165) is 5.69 Å². The van der Waals surface area contributed by atoms with E-state index in [1.165, 1.54) is 22.8 Å². The van der Waals surface area contributed by atoms with Gasteiger partial charge in [0.05, 0.1) is 22.3 Å². The summed E-state index contributed by atoms with van der Waals surface area (Å²) in [4.78, 5) is 17.5. The van der Waals surface area contributed by atoms with Gasteiger partial charge in [0.1, 0.15) is 5.82 Å². The van der Waals surface area contributed by atoms with E-state index in [1.54, 1.807) is 11.3 Å². The molecule has 2 aromatic heterocycles. The second-order valence-electron chi connectivity index (χ2n) is 5.21. The quantitative estimate of drug-likeness (QED) is 0.605. The molecule has 4 rings (SSSR count). The number of aromatic nitrogens is 2. The Labute approximate surface area is 140 Å². The van der Waals surface area contributed by atoms with Crippen LogP contribution in [0.5, 0.6) is 0 Å². The number of nitrogens with one attached hydrogen (secondary N) is 1. The first-order valence-electron chi connectivity index (χ1n) is 7.29. The van der Waals surface area contributed by atoms with Crippen molar-refractivity contribution in [1.82, 2.24) is 9.55 Å². The van der Waals surface area contributed by atoms with Crippen molar-refractivity contribution in [2.24, 2.45) is 0 Å². The first kappa shape index (κ1) is 14.6. The molecule has 0 atom stereocenters. The summed E-state index contributed by atoms with van der Waals surface area (Å²) in [7, 11) is 0. The van der Waals surface area contributed by atoms with Gasteiger partial charge in [-0.3, -0.25) is 4.79 Å². The van der Waals surface area contributed by atoms with Gasteiger partial charge >= 0.3 is 0 Å². The zero-order valence-electron chi connectivity index (χ0n) is 12.4. The summed E-state index contributed by atoms with van der Waals surface area (Å²) in [6, 6.07) is 15.1. The number of halogens is 1. The highest BCUT2D eigenvalue weighted by molar-refractivity contribution is 7.08. The van der Waals surface area contributed by atoms with Crippen LogP contribution in [0.15, 0.2) is 70.2 Å². The Morgan fingerprint density at radius 3 is 2.67 bits per heavy atom. The lowest BCUT2D eigenvalue weighted by Gasteiger charge is -2.14. The maximum absolute atomic E-state index is 13.6. The fourth-order valence-electron chi connectivity index (χ4n) is 2.52. The zero-order chi connectivity index (χ0) is 16.5. The van der Waals surface area contributed by atoms with Crippen molar-refractivity contribution >= 4 is 33.9 Å². The second kappa shape index (κ2) is 5.90. The SMILES string of the molecule is O=c1c2cc(F)ccc2nc(Nc2ccsc2)n1-c1ccccc1. The van der Waals surface area contributed by atoms with Gasteiger partial charge in [0.25, 0.3) is 5.56 Å². The normalized spacial score (nSPS) is 10.9. The molecule has 118 valence electrons. The molecule has 6 heteroatoms. The van der Waals surface area contributed by atoms with E-state index < -0.39 is 5.82 Å². The minimum atomic E-state index is -0.459. The van der Waals surface area contributed by atoms with Crippen LogP contribution in [0, 0.1) is 5.82 Å². The summed E-state index contributed by atoms with van der Waals surface area (Å²) in [5.41, 5.74) is 1.65. The monoisotopic (exact) mass is 337 g/mol. The van der Waals surface area contributed by atoms with E-state index in [9.17, 15) is 9.18 Å².